The van der Waals surface area contributed by atoms with Crippen molar-refractivity contribution in [3.8, 4) is 0 Å². The number of halogens is 2. The van der Waals surface area contributed by atoms with Crippen LogP contribution in [0.4, 0.5) is 13.9 Å². The summed E-state index contributed by atoms with van der Waals surface area (Å²) >= 11 is 1.04. The first-order valence-electron chi connectivity index (χ1n) is 6.62. The lowest BCUT2D eigenvalue weighted by Gasteiger charge is -2.02. The van der Waals surface area contributed by atoms with E-state index in [1.807, 2.05) is 31.2 Å². The van der Waals surface area contributed by atoms with Crippen molar-refractivity contribution in [3.63, 3.8) is 0 Å². The van der Waals surface area contributed by atoms with E-state index in [2.05, 4.69) is 10.3 Å². The molecule has 0 saturated heterocycles. The second kappa shape index (κ2) is 5.81. The molecule has 112 valence electrons. The second-order valence-electron chi connectivity index (χ2n) is 4.97. The summed E-state index contributed by atoms with van der Waals surface area (Å²) in [6, 6.07) is 9.60. The average molecular weight is 318 g/mol. The van der Waals surface area contributed by atoms with Gasteiger partial charge in [0.15, 0.2) is 10.9 Å². The molecule has 0 radical (unpaired) electrons. The van der Waals surface area contributed by atoms with Crippen LogP contribution in [0.2, 0.25) is 0 Å². The molecule has 1 N–H and O–H groups in total. The van der Waals surface area contributed by atoms with Gasteiger partial charge in [-0.2, -0.15) is 0 Å². The minimum absolute atomic E-state index is 0.0669. The van der Waals surface area contributed by atoms with Crippen LogP contribution in [0.25, 0.3) is 10.2 Å². The van der Waals surface area contributed by atoms with Crippen LogP contribution < -0.4 is 5.32 Å². The summed E-state index contributed by atoms with van der Waals surface area (Å²) in [6.45, 7) is 1.95. The Morgan fingerprint density at radius 1 is 1.27 bits per heavy atom. The van der Waals surface area contributed by atoms with Crippen LogP contribution in [0.3, 0.4) is 0 Å². The summed E-state index contributed by atoms with van der Waals surface area (Å²) in [5.74, 6) is -1.64. The molecule has 0 aliphatic rings. The smallest absolute Gasteiger partial charge is 0.230 e. The number of hydrogen-bond donors (Lipinski definition) is 1. The number of fused-ring (bicyclic) bond motifs is 1. The molecular formula is C16H12F2N2OS. The van der Waals surface area contributed by atoms with E-state index in [0.29, 0.717) is 4.70 Å². The first-order chi connectivity index (χ1) is 10.5. The van der Waals surface area contributed by atoms with E-state index in [1.54, 1.807) is 0 Å². The molecule has 1 aromatic heterocycles. The van der Waals surface area contributed by atoms with Gasteiger partial charge in [-0.05, 0) is 18.6 Å². The van der Waals surface area contributed by atoms with Gasteiger partial charge in [0.25, 0.3) is 0 Å². The van der Waals surface area contributed by atoms with Gasteiger partial charge in [-0.1, -0.05) is 41.2 Å². The fraction of sp³-hybridized carbons (Fsp3) is 0.125. The molecule has 3 aromatic rings. The lowest BCUT2D eigenvalue weighted by molar-refractivity contribution is -0.115. The summed E-state index contributed by atoms with van der Waals surface area (Å²) in [5.41, 5.74) is 2.02. The zero-order chi connectivity index (χ0) is 15.7. The third-order valence-corrected chi connectivity index (χ3v) is 4.02. The summed E-state index contributed by atoms with van der Waals surface area (Å²) in [7, 11) is 0. The molecule has 2 aromatic carbocycles. The third kappa shape index (κ3) is 3.12. The largest absolute Gasteiger partial charge is 0.302 e. The maximum atomic E-state index is 13.6. The number of nitrogens with zero attached hydrogens (tertiary/aromatic N) is 1. The van der Waals surface area contributed by atoms with Gasteiger partial charge >= 0.3 is 0 Å². The molecule has 0 aliphatic carbocycles. The second-order valence-corrected chi connectivity index (χ2v) is 6.00. The van der Waals surface area contributed by atoms with E-state index in [0.717, 1.165) is 28.5 Å². The molecule has 3 rings (SSSR count). The van der Waals surface area contributed by atoms with Crippen molar-refractivity contribution < 1.29 is 13.6 Å². The van der Waals surface area contributed by atoms with Crippen molar-refractivity contribution in [1.29, 1.82) is 0 Å². The average Bonchev–Trinajstić information content (AvgIpc) is 2.81. The van der Waals surface area contributed by atoms with Crippen molar-refractivity contribution >= 4 is 32.6 Å². The monoisotopic (exact) mass is 318 g/mol. The van der Waals surface area contributed by atoms with Crippen LogP contribution >= 0.6 is 11.3 Å². The summed E-state index contributed by atoms with van der Waals surface area (Å²) in [6.07, 6.45) is 0.203. The number of aromatic nitrogens is 1. The number of anilines is 1. The Morgan fingerprint density at radius 2 is 2.09 bits per heavy atom. The van der Waals surface area contributed by atoms with Crippen LogP contribution in [0, 0.1) is 18.6 Å². The van der Waals surface area contributed by atoms with E-state index >= 15 is 0 Å². The van der Waals surface area contributed by atoms with Gasteiger partial charge < -0.3 is 5.32 Å². The quantitative estimate of drug-likeness (QED) is 0.791. The molecule has 0 atom stereocenters. The van der Waals surface area contributed by atoms with Crippen LogP contribution in [-0.2, 0) is 11.2 Å². The van der Waals surface area contributed by atoms with Gasteiger partial charge in [-0.25, -0.2) is 13.8 Å². The molecule has 1 amide bonds. The van der Waals surface area contributed by atoms with E-state index in [4.69, 9.17) is 0 Å². The zero-order valence-electron chi connectivity index (χ0n) is 11.7. The van der Waals surface area contributed by atoms with Gasteiger partial charge in [0.05, 0.1) is 11.1 Å². The zero-order valence-corrected chi connectivity index (χ0v) is 12.5. The Balaban J connectivity index is 1.78. The van der Waals surface area contributed by atoms with Crippen LogP contribution in [0.15, 0.2) is 36.4 Å². The van der Waals surface area contributed by atoms with Gasteiger partial charge in [0, 0.05) is 6.07 Å². The molecule has 0 aliphatic heterocycles. The van der Waals surface area contributed by atoms with Crippen LogP contribution in [0.5, 0.6) is 0 Å². The number of aryl methyl sites for hydroxylation is 1. The molecule has 22 heavy (non-hydrogen) atoms. The van der Waals surface area contributed by atoms with Crippen molar-refractivity contribution in [1.82, 2.24) is 4.98 Å². The van der Waals surface area contributed by atoms with E-state index in [-0.39, 0.29) is 23.0 Å². The lowest BCUT2D eigenvalue weighted by Crippen LogP contribution is -2.14. The topological polar surface area (TPSA) is 42.0 Å². The Labute approximate surface area is 129 Å². The molecule has 1 heterocycles. The Bertz CT molecular complexity index is 860. The molecular weight excluding hydrogens is 306 g/mol. The number of carbonyl (C=O) groups is 1. The Morgan fingerprint density at radius 3 is 2.86 bits per heavy atom. The van der Waals surface area contributed by atoms with E-state index < -0.39 is 11.6 Å². The van der Waals surface area contributed by atoms with Crippen LogP contribution in [-0.4, -0.2) is 10.9 Å². The first-order valence-corrected chi connectivity index (χ1v) is 7.44. The molecule has 6 heteroatoms. The fourth-order valence-corrected chi connectivity index (χ4v) is 3.10. The summed E-state index contributed by atoms with van der Waals surface area (Å²) in [4.78, 5) is 16.0. The highest BCUT2D eigenvalue weighted by Crippen LogP contribution is 2.28. The summed E-state index contributed by atoms with van der Waals surface area (Å²) < 4.78 is 27.1. The predicted octanol–water partition coefficient (Wildman–Crippen LogP) is 4.06. The van der Waals surface area contributed by atoms with Gasteiger partial charge in [0.1, 0.15) is 11.3 Å². The molecule has 0 unspecified atom stereocenters. The number of benzene rings is 2. The maximum absolute atomic E-state index is 13.6. The van der Waals surface area contributed by atoms with E-state index in [1.165, 1.54) is 6.07 Å². The molecule has 0 spiro atoms. The maximum Gasteiger partial charge on any atom is 0.230 e. The highest BCUT2D eigenvalue weighted by Gasteiger charge is 2.12. The van der Waals surface area contributed by atoms with Crippen molar-refractivity contribution in [2.45, 2.75) is 13.3 Å². The van der Waals surface area contributed by atoms with Gasteiger partial charge in [-0.3, -0.25) is 4.79 Å². The minimum atomic E-state index is -0.731. The molecule has 0 fully saturated rings. The SMILES string of the molecule is Cc1cccc(CC(=O)Nc2nc3c(F)cc(F)cc3s2)c1. The highest BCUT2D eigenvalue weighted by atomic mass is 32.1. The number of hydrogen-bond acceptors (Lipinski definition) is 3. The number of amides is 1. The standard InChI is InChI=1S/C16H12F2N2OS/c1-9-3-2-4-10(5-9)6-14(21)19-16-20-15-12(18)7-11(17)8-13(15)22-16/h2-5,7-8H,6H2,1H3,(H,19,20,21). The van der Waals surface area contributed by atoms with Crippen molar-refractivity contribution in [2.75, 3.05) is 5.32 Å². The number of rotatable bonds is 3. The van der Waals surface area contributed by atoms with Gasteiger partial charge in [-0.15, -0.1) is 0 Å². The Hall–Kier alpha value is -2.34. The highest BCUT2D eigenvalue weighted by molar-refractivity contribution is 7.22. The van der Waals surface area contributed by atoms with Crippen molar-refractivity contribution in [3.05, 3.63) is 59.2 Å². The number of thiazole rings is 1. The third-order valence-electron chi connectivity index (χ3n) is 3.11. The Kier molecular flexibility index (Phi) is 3.85. The van der Waals surface area contributed by atoms with Crippen LogP contribution in [0.1, 0.15) is 11.1 Å². The summed E-state index contributed by atoms with van der Waals surface area (Å²) in [5, 5.41) is 2.89. The van der Waals surface area contributed by atoms with E-state index in [9.17, 15) is 13.6 Å². The number of nitrogens with one attached hydrogen (secondary N) is 1. The number of carbonyl (C=O) groups excluding carboxylic acids is 1. The first kappa shape index (κ1) is 14.6. The lowest BCUT2D eigenvalue weighted by atomic mass is 10.1. The normalized spacial score (nSPS) is 10.9. The predicted molar refractivity (Wildman–Crippen MR) is 83.0 cm³/mol. The molecule has 0 bridgehead atoms. The molecule has 0 saturated carbocycles. The minimum Gasteiger partial charge on any atom is -0.302 e. The van der Waals surface area contributed by atoms with Gasteiger partial charge in [0.2, 0.25) is 5.91 Å². The fourth-order valence-electron chi connectivity index (χ4n) is 2.18. The van der Waals surface area contributed by atoms with Crippen molar-refractivity contribution in [2.24, 2.45) is 0 Å². The molecule has 3 nitrogen and oxygen atoms in total.